The van der Waals surface area contributed by atoms with E-state index in [0.29, 0.717) is 5.57 Å². The molecule has 120 valence electrons. The second-order valence-corrected chi connectivity index (χ2v) is 5.59. The van der Waals surface area contributed by atoms with E-state index in [4.69, 9.17) is 5.11 Å². The maximum absolute atomic E-state index is 11.2. The van der Waals surface area contributed by atoms with Crippen LogP contribution in [0.4, 0.5) is 0 Å². The molecule has 24 heavy (non-hydrogen) atoms. The molecule has 4 heteroatoms. The molecule has 2 aromatic heterocycles. The number of carboxylic acid groups (broad SMARTS) is 1. The van der Waals surface area contributed by atoms with Gasteiger partial charge in [-0.2, -0.15) is 0 Å². The lowest BCUT2D eigenvalue weighted by Gasteiger charge is -2.12. The molecule has 0 saturated carbocycles. The second-order valence-electron chi connectivity index (χ2n) is 5.59. The summed E-state index contributed by atoms with van der Waals surface area (Å²) in [7, 11) is 0. The van der Waals surface area contributed by atoms with E-state index in [9.17, 15) is 4.79 Å². The molecule has 0 saturated heterocycles. The predicted octanol–water partition coefficient (Wildman–Crippen LogP) is 3.95. The Morgan fingerprint density at radius 2 is 1.92 bits per heavy atom. The van der Waals surface area contributed by atoms with E-state index in [0.717, 1.165) is 29.1 Å². The van der Waals surface area contributed by atoms with Crippen molar-refractivity contribution in [2.45, 2.75) is 13.3 Å². The minimum atomic E-state index is -0.912. The Morgan fingerprint density at radius 3 is 2.58 bits per heavy atom. The molecule has 0 bridgehead atoms. The molecule has 0 spiro atoms. The van der Waals surface area contributed by atoms with Gasteiger partial charge in [0.1, 0.15) is 0 Å². The van der Waals surface area contributed by atoms with Crippen molar-refractivity contribution in [1.29, 1.82) is 0 Å². The average molecular weight is 318 g/mol. The number of pyridine rings is 1. The van der Waals surface area contributed by atoms with E-state index in [-0.39, 0.29) is 0 Å². The summed E-state index contributed by atoms with van der Waals surface area (Å²) >= 11 is 0. The van der Waals surface area contributed by atoms with E-state index in [1.54, 1.807) is 19.2 Å². The third-order valence-corrected chi connectivity index (χ3v) is 3.82. The topological polar surface area (TPSA) is 55.1 Å². The quantitative estimate of drug-likeness (QED) is 0.725. The molecular formula is C20H18N2O2. The van der Waals surface area contributed by atoms with Crippen LogP contribution in [0.2, 0.25) is 0 Å². The van der Waals surface area contributed by atoms with Crippen LogP contribution in [-0.2, 0) is 11.2 Å². The fourth-order valence-corrected chi connectivity index (χ4v) is 2.63. The van der Waals surface area contributed by atoms with E-state index < -0.39 is 5.97 Å². The number of carbonyl (C=O) groups is 1. The van der Waals surface area contributed by atoms with Crippen molar-refractivity contribution in [3.63, 3.8) is 0 Å². The van der Waals surface area contributed by atoms with Crippen LogP contribution in [0, 0.1) is 0 Å². The minimum absolute atomic E-state index is 0.304. The van der Waals surface area contributed by atoms with Gasteiger partial charge in [-0.25, -0.2) is 4.79 Å². The molecule has 3 rings (SSSR count). The summed E-state index contributed by atoms with van der Waals surface area (Å²) in [6, 6.07) is 17.9. The number of hydrogen-bond acceptors (Lipinski definition) is 2. The fourth-order valence-electron chi connectivity index (χ4n) is 2.63. The summed E-state index contributed by atoms with van der Waals surface area (Å²) in [5, 5.41) is 9.16. The molecule has 0 fully saturated rings. The van der Waals surface area contributed by atoms with Gasteiger partial charge in [-0.05, 0) is 48.9 Å². The van der Waals surface area contributed by atoms with Crippen molar-refractivity contribution in [3.8, 4) is 5.69 Å². The second kappa shape index (κ2) is 6.96. The Kier molecular flexibility index (Phi) is 4.57. The predicted molar refractivity (Wildman–Crippen MR) is 94.1 cm³/mol. The normalized spacial score (nSPS) is 11.5. The van der Waals surface area contributed by atoms with Crippen LogP contribution >= 0.6 is 0 Å². The van der Waals surface area contributed by atoms with E-state index >= 15 is 0 Å². The highest BCUT2D eigenvalue weighted by molar-refractivity contribution is 5.91. The van der Waals surface area contributed by atoms with Crippen molar-refractivity contribution >= 4 is 12.0 Å². The lowest BCUT2D eigenvalue weighted by atomic mass is 10.1. The number of benzene rings is 1. The average Bonchev–Trinajstić information content (AvgIpc) is 2.98. The third-order valence-electron chi connectivity index (χ3n) is 3.82. The Labute approximate surface area is 140 Å². The SMILES string of the molecule is C/C(=C/c1ccc(Cc2cccnc2)n1-c1ccccc1)C(=O)O. The highest BCUT2D eigenvalue weighted by atomic mass is 16.4. The largest absolute Gasteiger partial charge is 0.478 e. The van der Waals surface area contributed by atoms with Gasteiger partial charge in [0.05, 0.1) is 0 Å². The summed E-state index contributed by atoms with van der Waals surface area (Å²) in [6.45, 7) is 1.60. The summed E-state index contributed by atoms with van der Waals surface area (Å²) in [6.07, 6.45) is 6.02. The van der Waals surface area contributed by atoms with Crippen LogP contribution < -0.4 is 0 Å². The smallest absolute Gasteiger partial charge is 0.331 e. The van der Waals surface area contributed by atoms with Crippen LogP contribution in [0.5, 0.6) is 0 Å². The number of aliphatic carboxylic acids is 1. The number of para-hydroxylation sites is 1. The number of hydrogen-bond donors (Lipinski definition) is 1. The van der Waals surface area contributed by atoms with Crippen LogP contribution in [0.3, 0.4) is 0 Å². The Hall–Kier alpha value is -3.14. The number of rotatable bonds is 5. The van der Waals surface area contributed by atoms with Gasteiger partial charge in [0, 0.05) is 41.5 Å². The van der Waals surface area contributed by atoms with Gasteiger partial charge < -0.3 is 9.67 Å². The van der Waals surface area contributed by atoms with Crippen molar-refractivity contribution in [2.75, 3.05) is 0 Å². The standard InChI is InChI=1S/C20H18N2O2/c1-15(20(23)24)12-18-9-10-19(13-16-6-5-11-21-14-16)22(18)17-7-3-2-4-8-17/h2-12,14H,13H2,1H3,(H,23,24)/b15-12-. The molecule has 0 amide bonds. The van der Waals surface area contributed by atoms with Gasteiger partial charge in [0.15, 0.2) is 0 Å². The first-order valence-electron chi connectivity index (χ1n) is 7.71. The molecule has 0 atom stereocenters. The Bertz CT molecular complexity index is 865. The van der Waals surface area contributed by atoms with E-state index in [1.165, 1.54) is 0 Å². The molecule has 1 N–H and O–H groups in total. The molecule has 0 radical (unpaired) electrons. The maximum atomic E-state index is 11.2. The summed E-state index contributed by atoms with van der Waals surface area (Å²) < 4.78 is 2.08. The van der Waals surface area contributed by atoms with Crippen molar-refractivity contribution < 1.29 is 9.90 Å². The first-order valence-corrected chi connectivity index (χ1v) is 7.71. The van der Waals surface area contributed by atoms with Crippen molar-refractivity contribution in [3.05, 3.63) is 89.5 Å². The first-order chi connectivity index (χ1) is 11.6. The molecular weight excluding hydrogens is 300 g/mol. The molecule has 2 heterocycles. The number of nitrogens with zero attached hydrogens (tertiary/aromatic N) is 2. The molecule has 1 aromatic carbocycles. The summed E-state index contributed by atoms with van der Waals surface area (Å²) in [5.74, 6) is -0.912. The molecule has 4 nitrogen and oxygen atoms in total. The van der Waals surface area contributed by atoms with Gasteiger partial charge in [0.2, 0.25) is 0 Å². The minimum Gasteiger partial charge on any atom is -0.478 e. The Morgan fingerprint density at radius 1 is 1.12 bits per heavy atom. The van der Waals surface area contributed by atoms with Gasteiger partial charge >= 0.3 is 5.97 Å². The fraction of sp³-hybridized carbons (Fsp3) is 0.100. The van der Waals surface area contributed by atoms with Gasteiger partial charge in [0.25, 0.3) is 0 Å². The van der Waals surface area contributed by atoms with Crippen molar-refractivity contribution in [2.24, 2.45) is 0 Å². The summed E-state index contributed by atoms with van der Waals surface area (Å²) in [4.78, 5) is 15.3. The van der Waals surface area contributed by atoms with Gasteiger partial charge in [-0.1, -0.05) is 24.3 Å². The monoisotopic (exact) mass is 318 g/mol. The zero-order valence-corrected chi connectivity index (χ0v) is 13.4. The molecule has 3 aromatic rings. The van der Waals surface area contributed by atoms with Crippen LogP contribution in [-0.4, -0.2) is 20.6 Å². The lowest BCUT2D eigenvalue weighted by molar-refractivity contribution is -0.132. The Balaban J connectivity index is 2.08. The zero-order chi connectivity index (χ0) is 16.9. The molecule has 0 aliphatic carbocycles. The van der Waals surface area contributed by atoms with E-state index in [2.05, 4.69) is 9.55 Å². The highest BCUT2D eigenvalue weighted by Gasteiger charge is 2.11. The molecule has 0 unspecified atom stereocenters. The molecule has 0 aliphatic rings. The van der Waals surface area contributed by atoms with Gasteiger partial charge in [-0.15, -0.1) is 0 Å². The van der Waals surface area contributed by atoms with Crippen LogP contribution in [0.15, 0.2) is 72.6 Å². The van der Waals surface area contributed by atoms with Crippen molar-refractivity contribution in [1.82, 2.24) is 9.55 Å². The maximum Gasteiger partial charge on any atom is 0.331 e. The highest BCUT2D eigenvalue weighted by Crippen LogP contribution is 2.22. The summed E-state index contributed by atoms with van der Waals surface area (Å²) in [5.41, 5.74) is 4.35. The number of carboxylic acids is 1. The van der Waals surface area contributed by atoms with E-state index in [1.807, 2.05) is 60.8 Å². The zero-order valence-electron chi connectivity index (χ0n) is 13.4. The van der Waals surface area contributed by atoms with Gasteiger partial charge in [-0.3, -0.25) is 4.98 Å². The number of aromatic nitrogens is 2. The van der Waals surface area contributed by atoms with Crippen LogP contribution in [0.25, 0.3) is 11.8 Å². The van der Waals surface area contributed by atoms with Crippen LogP contribution in [0.1, 0.15) is 23.9 Å². The lowest BCUT2D eigenvalue weighted by Crippen LogP contribution is -2.04. The molecule has 0 aliphatic heterocycles. The third kappa shape index (κ3) is 3.43. The first kappa shape index (κ1) is 15.7.